The summed E-state index contributed by atoms with van der Waals surface area (Å²) in [5, 5.41) is 1.86. The standard InChI is InChI=1S/C21H28BrN3O10S/c1-10(2)33-21(31)35-11(3)34-19(29)16-12(8-32-20(30)24(4)5)9-36-18-15(17(28)25(16)18)23-14(27)6-13(26)7-22/h10-11,15,18H,6-9H2,1-5H3,(H,23,27)/t11?,15?,18-/m0/s1. The molecule has 2 aliphatic rings. The molecule has 0 aromatic carbocycles. The third kappa shape index (κ3) is 7.59. The van der Waals surface area contributed by atoms with Gasteiger partial charge in [-0.3, -0.25) is 19.3 Å². The van der Waals surface area contributed by atoms with Crippen LogP contribution < -0.4 is 5.32 Å². The molecule has 2 unspecified atom stereocenters. The minimum atomic E-state index is -1.35. The number of fused-ring (bicyclic) bond motifs is 1. The van der Waals surface area contributed by atoms with Gasteiger partial charge in [0.2, 0.25) is 12.2 Å². The van der Waals surface area contributed by atoms with Gasteiger partial charge in [-0.05, 0) is 13.8 Å². The Morgan fingerprint density at radius 1 is 1.14 bits per heavy atom. The van der Waals surface area contributed by atoms with Crippen LogP contribution in [0.4, 0.5) is 9.59 Å². The van der Waals surface area contributed by atoms with Crippen LogP contribution in [0.25, 0.3) is 0 Å². The Kier molecular flexibility index (Phi) is 10.6. The summed E-state index contributed by atoms with van der Waals surface area (Å²) in [6.07, 6.45) is -3.90. The third-order valence-corrected chi connectivity index (χ3v) is 6.63. The fourth-order valence-corrected chi connectivity index (χ4v) is 4.62. The Morgan fingerprint density at radius 2 is 1.81 bits per heavy atom. The van der Waals surface area contributed by atoms with Crippen LogP contribution in [0.15, 0.2) is 11.3 Å². The van der Waals surface area contributed by atoms with Crippen molar-refractivity contribution in [3.63, 3.8) is 0 Å². The number of nitrogens with zero attached hydrogens (tertiary/aromatic N) is 2. The molecule has 0 aromatic heterocycles. The zero-order valence-electron chi connectivity index (χ0n) is 20.4. The van der Waals surface area contributed by atoms with Crippen LogP contribution in [0.1, 0.15) is 27.2 Å². The number of esters is 1. The van der Waals surface area contributed by atoms with Crippen molar-refractivity contribution in [2.45, 2.75) is 51.0 Å². The van der Waals surface area contributed by atoms with E-state index in [4.69, 9.17) is 18.9 Å². The molecule has 2 heterocycles. The predicted molar refractivity (Wildman–Crippen MR) is 129 cm³/mol. The van der Waals surface area contributed by atoms with Gasteiger partial charge in [0.15, 0.2) is 5.78 Å². The number of hydrogen-bond donors (Lipinski definition) is 1. The molecule has 1 N–H and O–H groups in total. The Bertz CT molecular complexity index is 954. The summed E-state index contributed by atoms with van der Waals surface area (Å²) >= 11 is 4.21. The van der Waals surface area contributed by atoms with Gasteiger partial charge in [0.1, 0.15) is 23.7 Å². The lowest BCUT2D eigenvalue weighted by Gasteiger charge is -2.49. The number of carbonyl (C=O) groups excluding carboxylic acids is 6. The van der Waals surface area contributed by atoms with Crippen LogP contribution in [-0.4, -0.2) is 101 Å². The van der Waals surface area contributed by atoms with E-state index < -0.39 is 60.3 Å². The highest BCUT2D eigenvalue weighted by molar-refractivity contribution is 9.09. The van der Waals surface area contributed by atoms with Crippen LogP contribution in [0.2, 0.25) is 0 Å². The first-order valence-electron chi connectivity index (χ1n) is 10.8. The number of β-lactam (4-membered cyclic amide) rings is 1. The van der Waals surface area contributed by atoms with Crippen LogP contribution in [-0.2, 0) is 38.1 Å². The van der Waals surface area contributed by atoms with Gasteiger partial charge in [-0.15, -0.1) is 11.8 Å². The summed E-state index contributed by atoms with van der Waals surface area (Å²) in [6.45, 7) is 4.23. The smallest absolute Gasteiger partial charge is 0.445 e. The number of hydrogen-bond acceptors (Lipinski definition) is 11. The van der Waals surface area contributed by atoms with Gasteiger partial charge in [0, 0.05) is 32.3 Å². The fourth-order valence-electron chi connectivity index (χ4n) is 3.10. The number of carbonyl (C=O) groups is 6. The number of rotatable bonds is 10. The molecule has 0 radical (unpaired) electrons. The first-order chi connectivity index (χ1) is 16.8. The van der Waals surface area contributed by atoms with Crippen molar-refractivity contribution in [1.29, 1.82) is 0 Å². The molecule has 15 heteroatoms. The van der Waals surface area contributed by atoms with Gasteiger partial charge in [-0.1, -0.05) is 15.9 Å². The van der Waals surface area contributed by atoms with E-state index in [2.05, 4.69) is 21.2 Å². The number of halogens is 1. The van der Waals surface area contributed by atoms with Crippen molar-refractivity contribution in [3.8, 4) is 0 Å². The molecule has 3 amide bonds. The van der Waals surface area contributed by atoms with Crippen LogP contribution in [0, 0.1) is 0 Å². The van der Waals surface area contributed by atoms with E-state index in [0.717, 1.165) is 4.90 Å². The molecule has 1 fully saturated rings. The van der Waals surface area contributed by atoms with E-state index in [1.54, 1.807) is 13.8 Å². The molecule has 0 aromatic rings. The summed E-state index contributed by atoms with van der Waals surface area (Å²) in [5.41, 5.74) is 0.117. The first-order valence-corrected chi connectivity index (χ1v) is 13.0. The quantitative estimate of drug-likeness (QED) is 0.0966. The minimum Gasteiger partial charge on any atom is -0.445 e. The van der Waals surface area contributed by atoms with E-state index >= 15 is 0 Å². The number of amides is 3. The van der Waals surface area contributed by atoms with Crippen LogP contribution >= 0.6 is 27.7 Å². The zero-order valence-corrected chi connectivity index (χ0v) is 22.8. The molecule has 200 valence electrons. The maximum absolute atomic E-state index is 13.0. The normalized spacial score (nSPS) is 19.5. The Morgan fingerprint density at radius 3 is 2.39 bits per heavy atom. The van der Waals surface area contributed by atoms with E-state index in [9.17, 15) is 28.8 Å². The van der Waals surface area contributed by atoms with Crippen molar-refractivity contribution in [3.05, 3.63) is 11.3 Å². The number of alkyl halides is 1. The van der Waals surface area contributed by atoms with Crippen molar-refractivity contribution in [2.75, 3.05) is 31.8 Å². The largest absolute Gasteiger partial charge is 0.511 e. The summed E-state index contributed by atoms with van der Waals surface area (Å²) < 4.78 is 20.1. The molecule has 2 aliphatic heterocycles. The van der Waals surface area contributed by atoms with Crippen LogP contribution in [0.3, 0.4) is 0 Å². The summed E-state index contributed by atoms with van der Waals surface area (Å²) in [4.78, 5) is 75.5. The zero-order chi connectivity index (χ0) is 27.2. The summed E-state index contributed by atoms with van der Waals surface area (Å²) in [6, 6.07) is -0.964. The molecule has 1 saturated heterocycles. The molecular formula is C21H28BrN3O10S. The molecule has 2 rings (SSSR count). The number of ketones is 1. The Balaban J connectivity index is 2.20. The van der Waals surface area contributed by atoms with E-state index in [1.807, 2.05) is 0 Å². The highest BCUT2D eigenvalue weighted by Crippen LogP contribution is 2.41. The lowest BCUT2D eigenvalue weighted by Crippen LogP contribution is -2.70. The molecule has 36 heavy (non-hydrogen) atoms. The lowest BCUT2D eigenvalue weighted by molar-refractivity contribution is -0.169. The molecule has 3 atom stereocenters. The van der Waals surface area contributed by atoms with Gasteiger partial charge in [0.05, 0.1) is 17.9 Å². The maximum atomic E-state index is 13.0. The molecule has 13 nitrogen and oxygen atoms in total. The second-order valence-electron chi connectivity index (χ2n) is 8.21. The molecule has 0 aliphatic carbocycles. The average molecular weight is 594 g/mol. The predicted octanol–water partition coefficient (Wildman–Crippen LogP) is 1.14. The maximum Gasteiger partial charge on any atom is 0.511 e. The first kappa shape index (κ1) is 29.4. The third-order valence-electron chi connectivity index (χ3n) is 4.67. The van der Waals surface area contributed by atoms with Crippen molar-refractivity contribution >= 4 is 63.5 Å². The van der Waals surface area contributed by atoms with Crippen molar-refractivity contribution < 1.29 is 47.7 Å². The minimum absolute atomic E-state index is 0.00204. The molecule has 0 saturated carbocycles. The van der Waals surface area contributed by atoms with E-state index in [0.29, 0.717) is 5.57 Å². The number of Topliss-reactive ketones (excluding diaryl/α,β-unsaturated/α-hetero) is 1. The number of ether oxygens (including phenoxy) is 4. The van der Waals surface area contributed by atoms with Gasteiger partial charge in [-0.2, -0.15) is 0 Å². The topological polar surface area (TPSA) is 158 Å². The SMILES string of the molecule is CC(C)OC(=O)OC(C)OC(=O)C1=C(COC(=O)N(C)C)CS[C@H]2C(NC(=O)CC(=O)CBr)C(=O)N12. The molecular weight excluding hydrogens is 566 g/mol. The highest BCUT2D eigenvalue weighted by Gasteiger charge is 2.54. The molecule has 0 bridgehead atoms. The summed E-state index contributed by atoms with van der Waals surface area (Å²) in [7, 11) is 2.97. The van der Waals surface area contributed by atoms with Crippen LogP contribution in [0.5, 0.6) is 0 Å². The summed E-state index contributed by atoms with van der Waals surface area (Å²) in [5.74, 6) is -2.40. The monoisotopic (exact) mass is 593 g/mol. The van der Waals surface area contributed by atoms with Crippen molar-refractivity contribution in [1.82, 2.24) is 15.1 Å². The number of nitrogens with one attached hydrogen (secondary N) is 1. The second-order valence-corrected chi connectivity index (χ2v) is 9.88. The van der Waals surface area contributed by atoms with Gasteiger partial charge < -0.3 is 29.2 Å². The van der Waals surface area contributed by atoms with Gasteiger partial charge >= 0.3 is 18.2 Å². The second kappa shape index (κ2) is 12.9. The highest BCUT2D eigenvalue weighted by atomic mass is 79.9. The Hall–Kier alpha value is -2.81. The van der Waals surface area contributed by atoms with Crippen molar-refractivity contribution in [2.24, 2.45) is 0 Å². The average Bonchev–Trinajstić information content (AvgIpc) is 2.79. The van der Waals surface area contributed by atoms with Gasteiger partial charge in [-0.25, -0.2) is 14.4 Å². The Labute approximate surface area is 220 Å². The van der Waals surface area contributed by atoms with Gasteiger partial charge in [0.25, 0.3) is 5.91 Å². The van der Waals surface area contributed by atoms with E-state index in [1.165, 1.54) is 37.7 Å². The number of thioether (sulfide) groups is 1. The fraction of sp³-hybridized carbons (Fsp3) is 0.619. The van der Waals surface area contributed by atoms with E-state index in [-0.39, 0.29) is 29.2 Å². The lowest BCUT2D eigenvalue weighted by atomic mass is 10.0. The molecule has 0 spiro atoms.